The van der Waals surface area contributed by atoms with Crippen LogP contribution in [0.3, 0.4) is 0 Å². The highest BCUT2D eigenvalue weighted by molar-refractivity contribution is 7.15. The molecule has 0 bridgehead atoms. The van der Waals surface area contributed by atoms with Crippen LogP contribution >= 0.6 is 11.3 Å². The number of aromatic amines is 1. The van der Waals surface area contributed by atoms with Crippen LogP contribution in [0.15, 0.2) is 49.1 Å². The van der Waals surface area contributed by atoms with Gasteiger partial charge in [-0.25, -0.2) is 15.0 Å². The van der Waals surface area contributed by atoms with E-state index in [1.165, 1.54) is 11.3 Å². The number of benzene rings is 1. The zero-order valence-corrected chi connectivity index (χ0v) is 20.8. The molecule has 0 saturated heterocycles. The zero-order chi connectivity index (χ0) is 27.1. The fourth-order valence-corrected chi connectivity index (χ4v) is 5.79. The number of aromatic nitrogens is 5. The molecule has 1 aliphatic carbocycles. The van der Waals surface area contributed by atoms with Gasteiger partial charge in [-0.15, -0.1) is 11.3 Å². The molecule has 4 aromatic rings. The molecule has 3 atom stereocenters. The molecule has 3 aromatic heterocycles. The predicted molar refractivity (Wildman–Crippen MR) is 133 cm³/mol. The first-order chi connectivity index (χ1) is 18.0. The number of alkyl halides is 3. The van der Waals surface area contributed by atoms with Gasteiger partial charge in [0, 0.05) is 29.8 Å². The number of nitrogens with one attached hydrogen (secondary N) is 2. The molecule has 1 aromatic carbocycles. The Bertz CT molecular complexity index is 1460. The van der Waals surface area contributed by atoms with Gasteiger partial charge in [-0.1, -0.05) is 6.92 Å². The van der Waals surface area contributed by atoms with Gasteiger partial charge in [0.15, 0.2) is 0 Å². The monoisotopic (exact) mass is 544 g/mol. The fraction of sp³-hybridized carbons (Fsp3) is 0.320. The van der Waals surface area contributed by atoms with E-state index in [9.17, 15) is 28.2 Å². The number of carboxylic acid groups (broad SMARTS) is 1. The Morgan fingerprint density at radius 1 is 1.18 bits per heavy atom. The van der Waals surface area contributed by atoms with E-state index in [-0.39, 0.29) is 24.7 Å². The van der Waals surface area contributed by atoms with E-state index in [0.29, 0.717) is 22.7 Å². The second-order valence-electron chi connectivity index (χ2n) is 9.40. The van der Waals surface area contributed by atoms with E-state index in [0.717, 1.165) is 28.3 Å². The maximum atomic E-state index is 13.1. The lowest BCUT2D eigenvalue weighted by Crippen LogP contribution is -2.38. The van der Waals surface area contributed by atoms with Crippen LogP contribution in [-0.4, -0.2) is 41.3 Å². The van der Waals surface area contributed by atoms with Gasteiger partial charge < -0.3 is 15.5 Å². The molecule has 1 fully saturated rings. The van der Waals surface area contributed by atoms with Crippen molar-refractivity contribution in [2.75, 3.05) is 5.32 Å². The minimum Gasteiger partial charge on any atom is -0.481 e. The van der Waals surface area contributed by atoms with Crippen molar-refractivity contribution in [3.05, 3.63) is 59.8 Å². The van der Waals surface area contributed by atoms with Gasteiger partial charge in [0.1, 0.15) is 16.3 Å². The molecule has 5 rings (SSSR count). The van der Waals surface area contributed by atoms with Crippen molar-refractivity contribution in [2.24, 2.45) is 11.8 Å². The zero-order valence-electron chi connectivity index (χ0n) is 20.0. The van der Waals surface area contributed by atoms with Gasteiger partial charge in [-0.05, 0) is 60.6 Å². The highest BCUT2D eigenvalue weighted by atomic mass is 32.1. The minimum atomic E-state index is -4.61. The molecule has 3 heterocycles. The molecule has 13 heteroatoms. The summed E-state index contributed by atoms with van der Waals surface area (Å²) in [5, 5.41) is 30.8. The third kappa shape index (κ3) is 5.24. The molecule has 4 N–H and O–H groups in total. The smallest absolute Gasteiger partial charge is 0.433 e. The summed E-state index contributed by atoms with van der Waals surface area (Å²) in [7, 11) is 0. The van der Waals surface area contributed by atoms with Crippen LogP contribution in [0.5, 0.6) is 0 Å². The van der Waals surface area contributed by atoms with Gasteiger partial charge in [0.2, 0.25) is 5.95 Å². The minimum absolute atomic E-state index is 0.210. The standard InChI is InChI=1S/C25H23F3N6O3S/c1-13-9-24(37,4-2-18(13)21(35)36)22-30-12-19(38-22)15-6-14(16-10-31-32-11-16)7-17(8-15)33-23-29-5-3-20(34-23)25(26,27)28/h3,5-8,10-13,18,37H,2,4,9H2,1H3,(H,31,32)(H,35,36)(H,29,33,34)/t13-,18?,24-/m0/s1. The third-order valence-electron chi connectivity index (χ3n) is 6.69. The third-order valence-corrected chi connectivity index (χ3v) is 7.93. The molecule has 0 amide bonds. The van der Waals surface area contributed by atoms with Crippen LogP contribution in [0.2, 0.25) is 0 Å². The van der Waals surface area contributed by atoms with Crippen molar-refractivity contribution in [2.45, 2.75) is 38.0 Å². The van der Waals surface area contributed by atoms with Crippen molar-refractivity contribution in [1.29, 1.82) is 0 Å². The molecule has 0 radical (unpaired) electrons. The Kier molecular flexibility index (Phi) is 6.65. The van der Waals surface area contributed by atoms with Crippen LogP contribution in [0, 0.1) is 11.8 Å². The molecular formula is C25H23F3N6O3S. The summed E-state index contributed by atoms with van der Waals surface area (Å²) in [6.45, 7) is 1.82. The van der Waals surface area contributed by atoms with E-state index in [4.69, 9.17) is 0 Å². The van der Waals surface area contributed by atoms with Crippen LogP contribution in [0.4, 0.5) is 24.8 Å². The van der Waals surface area contributed by atoms with E-state index in [2.05, 4.69) is 30.5 Å². The SMILES string of the molecule is C[C@H]1C[C@](O)(c2ncc(-c3cc(Nc4nccc(C(F)(F)F)n4)cc(-c4cn[nH]c4)c3)s2)CCC1C(=O)O. The summed E-state index contributed by atoms with van der Waals surface area (Å²) < 4.78 is 39.4. The number of halogens is 3. The van der Waals surface area contributed by atoms with Crippen LogP contribution in [0.1, 0.15) is 36.9 Å². The van der Waals surface area contributed by atoms with Crippen molar-refractivity contribution in [1.82, 2.24) is 25.1 Å². The van der Waals surface area contributed by atoms with Crippen LogP contribution < -0.4 is 5.32 Å². The Hall–Kier alpha value is -3.84. The van der Waals surface area contributed by atoms with Crippen molar-refractivity contribution >= 4 is 28.9 Å². The number of carboxylic acids is 1. The number of carbonyl (C=O) groups is 1. The molecule has 1 aliphatic rings. The summed E-state index contributed by atoms with van der Waals surface area (Å²) in [4.78, 5) is 24.2. The van der Waals surface area contributed by atoms with Gasteiger partial charge in [-0.3, -0.25) is 9.89 Å². The largest absolute Gasteiger partial charge is 0.481 e. The second-order valence-corrected chi connectivity index (χ2v) is 10.4. The number of hydrogen-bond donors (Lipinski definition) is 4. The number of thiazole rings is 1. The lowest BCUT2D eigenvalue weighted by atomic mass is 9.72. The molecule has 1 saturated carbocycles. The predicted octanol–water partition coefficient (Wildman–Crippen LogP) is 5.46. The first-order valence-electron chi connectivity index (χ1n) is 11.8. The van der Waals surface area contributed by atoms with Gasteiger partial charge in [0.05, 0.1) is 17.0 Å². The number of anilines is 2. The van der Waals surface area contributed by atoms with Gasteiger partial charge >= 0.3 is 12.1 Å². The van der Waals surface area contributed by atoms with Crippen LogP contribution in [-0.2, 0) is 16.6 Å². The summed E-state index contributed by atoms with van der Waals surface area (Å²) in [5.41, 5.74) is 0.344. The maximum Gasteiger partial charge on any atom is 0.433 e. The molecule has 38 heavy (non-hydrogen) atoms. The first-order valence-corrected chi connectivity index (χ1v) is 12.6. The summed E-state index contributed by atoms with van der Waals surface area (Å²) >= 11 is 1.29. The molecule has 0 spiro atoms. The number of H-pyrrole nitrogens is 1. The van der Waals surface area contributed by atoms with Crippen molar-refractivity contribution in [3.8, 4) is 21.6 Å². The van der Waals surface area contributed by atoms with E-state index in [1.54, 1.807) is 30.7 Å². The number of hydrogen-bond acceptors (Lipinski definition) is 8. The van der Waals surface area contributed by atoms with Gasteiger partial charge in [-0.2, -0.15) is 18.3 Å². The molecular weight excluding hydrogens is 521 g/mol. The molecule has 9 nitrogen and oxygen atoms in total. The number of aliphatic hydroxyl groups is 1. The first kappa shape index (κ1) is 25.8. The number of aliphatic carboxylic acids is 1. The van der Waals surface area contributed by atoms with Gasteiger partial charge in [0.25, 0.3) is 0 Å². The number of nitrogens with zero attached hydrogens (tertiary/aromatic N) is 4. The summed E-state index contributed by atoms with van der Waals surface area (Å²) in [6, 6.07) is 6.15. The Labute approximate surface area is 218 Å². The maximum absolute atomic E-state index is 13.1. The average Bonchev–Trinajstić information content (AvgIpc) is 3.56. The van der Waals surface area contributed by atoms with E-state index in [1.807, 2.05) is 13.0 Å². The lowest BCUT2D eigenvalue weighted by Gasteiger charge is -2.37. The molecule has 1 unspecified atom stereocenters. The highest BCUT2D eigenvalue weighted by Crippen LogP contribution is 2.45. The highest BCUT2D eigenvalue weighted by Gasteiger charge is 2.43. The number of rotatable bonds is 6. The van der Waals surface area contributed by atoms with E-state index >= 15 is 0 Å². The fourth-order valence-electron chi connectivity index (χ4n) is 4.76. The Morgan fingerprint density at radius 3 is 2.66 bits per heavy atom. The summed E-state index contributed by atoms with van der Waals surface area (Å²) in [5.74, 6) is -1.79. The lowest BCUT2D eigenvalue weighted by molar-refractivity contribution is -0.148. The Morgan fingerprint density at radius 2 is 1.97 bits per heavy atom. The molecule has 198 valence electrons. The average molecular weight is 545 g/mol. The summed E-state index contributed by atoms with van der Waals surface area (Å²) in [6.07, 6.45) is 2.29. The van der Waals surface area contributed by atoms with Crippen molar-refractivity contribution in [3.63, 3.8) is 0 Å². The normalized spacial score (nSPS) is 21.8. The van der Waals surface area contributed by atoms with Crippen molar-refractivity contribution < 1.29 is 28.2 Å². The second kappa shape index (κ2) is 9.80. The van der Waals surface area contributed by atoms with E-state index < -0.39 is 29.4 Å². The topological polar surface area (TPSA) is 137 Å². The van der Waals surface area contributed by atoms with Crippen LogP contribution in [0.25, 0.3) is 21.6 Å². The molecule has 0 aliphatic heterocycles. The quantitative estimate of drug-likeness (QED) is 0.251. The Balaban J connectivity index is 1.48.